The van der Waals surface area contributed by atoms with Crippen LogP contribution in [-0.4, -0.2) is 4.98 Å². The summed E-state index contributed by atoms with van der Waals surface area (Å²) in [4.78, 5) is 4.22. The van der Waals surface area contributed by atoms with Crippen LogP contribution in [0.5, 0.6) is 0 Å². The van der Waals surface area contributed by atoms with Gasteiger partial charge in [-0.15, -0.1) is 0 Å². The SMILES string of the molecule is Cc1cc(-c2c(C)cccc2C)ccn1. The molecule has 0 fully saturated rings. The van der Waals surface area contributed by atoms with Gasteiger partial charge in [-0.1, -0.05) is 18.2 Å². The van der Waals surface area contributed by atoms with Crippen molar-refractivity contribution in [3.63, 3.8) is 0 Å². The average Bonchev–Trinajstić information content (AvgIpc) is 2.17. The third-order valence-electron chi connectivity index (χ3n) is 2.67. The Balaban J connectivity index is 2.63. The minimum atomic E-state index is 1.06. The first-order valence-corrected chi connectivity index (χ1v) is 5.18. The van der Waals surface area contributed by atoms with E-state index in [1.807, 2.05) is 13.1 Å². The Morgan fingerprint density at radius 2 is 1.60 bits per heavy atom. The van der Waals surface area contributed by atoms with Gasteiger partial charge in [-0.05, 0) is 55.2 Å². The Labute approximate surface area is 90.8 Å². The van der Waals surface area contributed by atoms with Gasteiger partial charge in [0.1, 0.15) is 0 Å². The Kier molecular flexibility index (Phi) is 2.55. The number of aromatic nitrogens is 1. The molecule has 0 amide bonds. The first-order valence-electron chi connectivity index (χ1n) is 5.18. The first-order chi connectivity index (χ1) is 7.18. The van der Waals surface area contributed by atoms with E-state index in [1.165, 1.54) is 22.3 Å². The van der Waals surface area contributed by atoms with E-state index in [0.29, 0.717) is 0 Å². The monoisotopic (exact) mass is 197 g/mol. The molecule has 0 aliphatic heterocycles. The fraction of sp³-hybridized carbons (Fsp3) is 0.214. The molecule has 0 N–H and O–H groups in total. The van der Waals surface area contributed by atoms with Gasteiger partial charge < -0.3 is 0 Å². The van der Waals surface area contributed by atoms with Gasteiger partial charge in [0.05, 0.1) is 0 Å². The summed E-state index contributed by atoms with van der Waals surface area (Å²) in [6.07, 6.45) is 1.87. The predicted molar refractivity (Wildman–Crippen MR) is 63.9 cm³/mol. The molecule has 15 heavy (non-hydrogen) atoms. The number of aryl methyl sites for hydroxylation is 3. The molecule has 1 heteroatoms. The molecule has 76 valence electrons. The van der Waals surface area contributed by atoms with Crippen molar-refractivity contribution in [3.8, 4) is 11.1 Å². The lowest BCUT2D eigenvalue weighted by molar-refractivity contribution is 1.20. The van der Waals surface area contributed by atoms with Crippen LogP contribution in [-0.2, 0) is 0 Å². The minimum absolute atomic E-state index is 1.06. The molecule has 0 radical (unpaired) electrons. The third-order valence-corrected chi connectivity index (χ3v) is 2.67. The van der Waals surface area contributed by atoms with E-state index in [1.54, 1.807) is 0 Å². The van der Waals surface area contributed by atoms with Crippen molar-refractivity contribution >= 4 is 0 Å². The maximum atomic E-state index is 4.22. The van der Waals surface area contributed by atoms with E-state index in [2.05, 4.69) is 49.2 Å². The van der Waals surface area contributed by atoms with Crippen LogP contribution in [0, 0.1) is 20.8 Å². The highest BCUT2D eigenvalue weighted by molar-refractivity contribution is 5.70. The zero-order valence-corrected chi connectivity index (χ0v) is 9.41. The first kappa shape index (κ1) is 9.91. The van der Waals surface area contributed by atoms with Crippen molar-refractivity contribution in [1.82, 2.24) is 4.98 Å². The lowest BCUT2D eigenvalue weighted by atomic mass is 9.96. The molecule has 2 aromatic rings. The highest BCUT2D eigenvalue weighted by Crippen LogP contribution is 2.26. The van der Waals surface area contributed by atoms with Gasteiger partial charge in [-0.25, -0.2) is 0 Å². The summed E-state index contributed by atoms with van der Waals surface area (Å²) in [5, 5.41) is 0. The fourth-order valence-electron chi connectivity index (χ4n) is 1.97. The molecule has 0 spiro atoms. The number of pyridine rings is 1. The summed E-state index contributed by atoms with van der Waals surface area (Å²) in [6.45, 7) is 6.33. The van der Waals surface area contributed by atoms with Gasteiger partial charge in [-0.2, -0.15) is 0 Å². The van der Waals surface area contributed by atoms with Gasteiger partial charge >= 0.3 is 0 Å². The van der Waals surface area contributed by atoms with Crippen molar-refractivity contribution in [2.45, 2.75) is 20.8 Å². The van der Waals surface area contributed by atoms with Crippen LogP contribution in [0.15, 0.2) is 36.5 Å². The van der Waals surface area contributed by atoms with E-state index >= 15 is 0 Å². The van der Waals surface area contributed by atoms with Crippen molar-refractivity contribution in [3.05, 3.63) is 53.3 Å². The number of hydrogen-bond acceptors (Lipinski definition) is 1. The van der Waals surface area contributed by atoms with Crippen LogP contribution in [0.1, 0.15) is 16.8 Å². The Bertz CT molecular complexity index is 466. The van der Waals surface area contributed by atoms with Crippen LogP contribution in [0.25, 0.3) is 11.1 Å². The maximum Gasteiger partial charge on any atom is 0.0378 e. The highest BCUT2D eigenvalue weighted by atomic mass is 14.6. The molecule has 2 rings (SSSR count). The summed E-state index contributed by atoms with van der Waals surface area (Å²) >= 11 is 0. The van der Waals surface area contributed by atoms with Crippen LogP contribution >= 0.6 is 0 Å². The lowest BCUT2D eigenvalue weighted by Crippen LogP contribution is -1.89. The van der Waals surface area contributed by atoms with E-state index in [-0.39, 0.29) is 0 Å². The Morgan fingerprint density at radius 3 is 2.20 bits per heavy atom. The summed E-state index contributed by atoms with van der Waals surface area (Å²) < 4.78 is 0. The molecule has 0 unspecified atom stereocenters. The molecular weight excluding hydrogens is 182 g/mol. The van der Waals surface area contributed by atoms with E-state index in [0.717, 1.165) is 5.69 Å². The van der Waals surface area contributed by atoms with E-state index < -0.39 is 0 Å². The van der Waals surface area contributed by atoms with Gasteiger partial charge in [0, 0.05) is 11.9 Å². The quantitative estimate of drug-likeness (QED) is 0.679. The fourth-order valence-corrected chi connectivity index (χ4v) is 1.97. The summed E-state index contributed by atoms with van der Waals surface area (Å²) in [7, 11) is 0. The second-order valence-electron chi connectivity index (χ2n) is 3.95. The molecule has 0 atom stereocenters. The maximum absolute atomic E-state index is 4.22. The number of hydrogen-bond donors (Lipinski definition) is 0. The van der Waals surface area contributed by atoms with Crippen LogP contribution < -0.4 is 0 Å². The van der Waals surface area contributed by atoms with Crippen LogP contribution in [0.2, 0.25) is 0 Å². The average molecular weight is 197 g/mol. The molecule has 0 aliphatic rings. The largest absolute Gasteiger partial charge is 0.262 e. The molecule has 0 aliphatic carbocycles. The van der Waals surface area contributed by atoms with Gasteiger partial charge in [0.2, 0.25) is 0 Å². The third kappa shape index (κ3) is 1.91. The number of benzene rings is 1. The smallest absolute Gasteiger partial charge is 0.0378 e. The van der Waals surface area contributed by atoms with Gasteiger partial charge in [-0.3, -0.25) is 4.98 Å². The van der Waals surface area contributed by atoms with Crippen molar-refractivity contribution < 1.29 is 0 Å². The second-order valence-corrected chi connectivity index (χ2v) is 3.95. The minimum Gasteiger partial charge on any atom is -0.262 e. The summed E-state index contributed by atoms with van der Waals surface area (Å²) in [5.74, 6) is 0. The van der Waals surface area contributed by atoms with Crippen LogP contribution in [0.4, 0.5) is 0 Å². The zero-order valence-electron chi connectivity index (χ0n) is 9.41. The van der Waals surface area contributed by atoms with Crippen molar-refractivity contribution in [1.29, 1.82) is 0 Å². The Hall–Kier alpha value is -1.63. The topological polar surface area (TPSA) is 12.9 Å². The summed E-state index contributed by atoms with van der Waals surface area (Å²) in [6, 6.07) is 10.6. The molecule has 0 saturated carbocycles. The second kappa shape index (κ2) is 3.85. The standard InChI is InChI=1S/C14H15N/c1-10-5-4-6-11(2)14(10)13-7-8-15-12(3)9-13/h4-9H,1-3H3. The predicted octanol–water partition coefficient (Wildman–Crippen LogP) is 3.67. The zero-order chi connectivity index (χ0) is 10.8. The van der Waals surface area contributed by atoms with Crippen molar-refractivity contribution in [2.75, 3.05) is 0 Å². The lowest BCUT2D eigenvalue weighted by Gasteiger charge is -2.09. The molecule has 0 saturated heterocycles. The Morgan fingerprint density at radius 1 is 0.933 bits per heavy atom. The van der Waals surface area contributed by atoms with E-state index in [4.69, 9.17) is 0 Å². The molecule has 1 nitrogen and oxygen atoms in total. The van der Waals surface area contributed by atoms with Crippen LogP contribution in [0.3, 0.4) is 0 Å². The normalized spacial score (nSPS) is 10.3. The van der Waals surface area contributed by atoms with Crippen molar-refractivity contribution in [2.24, 2.45) is 0 Å². The molecular formula is C14H15N. The van der Waals surface area contributed by atoms with Gasteiger partial charge in [0.25, 0.3) is 0 Å². The molecule has 0 bridgehead atoms. The summed E-state index contributed by atoms with van der Waals surface area (Å²) in [5.41, 5.74) is 6.30. The number of rotatable bonds is 1. The van der Waals surface area contributed by atoms with E-state index in [9.17, 15) is 0 Å². The molecule has 1 aromatic carbocycles. The molecule has 1 aromatic heterocycles. The highest BCUT2D eigenvalue weighted by Gasteiger charge is 2.04. The number of nitrogens with zero attached hydrogens (tertiary/aromatic N) is 1. The van der Waals surface area contributed by atoms with Gasteiger partial charge in [0.15, 0.2) is 0 Å². The molecule has 1 heterocycles.